The largest absolute Gasteiger partial charge is 0.379 e. The molecular weight excluding hydrogens is 250 g/mol. The van der Waals surface area contributed by atoms with E-state index in [2.05, 4.69) is 34.4 Å². The van der Waals surface area contributed by atoms with Crippen molar-refractivity contribution in [1.82, 2.24) is 9.97 Å². The number of aromatic nitrogens is 2. The van der Waals surface area contributed by atoms with Gasteiger partial charge in [0.15, 0.2) is 0 Å². The van der Waals surface area contributed by atoms with Crippen LogP contribution in [-0.2, 0) is 4.74 Å². The number of anilines is 2. The van der Waals surface area contributed by atoms with Crippen LogP contribution >= 0.6 is 0 Å². The Labute approximate surface area is 111 Å². The van der Waals surface area contributed by atoms with Gasteiger partial charge in [-0.25, -0.2) is 4.98 Å². The highest BCUT2D eigenvalue weighted by atomic mass is 16.6. The highest BCUT2D eigenvalue weighted by Gasteiger charge is 2.16. The maximum atomic E-state index is 10.8. The lowest BCUT2D eigenvalue weighted by Gasteiger charge is -2.09. The quantitative estimate of drug-likeness (QED) is 0.419. The average molecular weight is 269 g/mol. The molecular formula is C11H19N5O3. The van der Waals surface area contributed by atoms with Crippen molar-refractivity contribution in [2.75, 3.05) is 37.4 Å². The molecule has 0 aromatic carbocycles. The van der Waals surface area contributed by atoms with Crippen LogP contribution in [0.5, 0.6) is 0 Å². The summed E-state index contributed by atoms with van der Waals surface area (Å²) >= 11 is 0. The zero-order chi connectivity index (χ0) is 14.3. The fourth-order valence-corrected chi connectivity index (χ4v) is 1.32. The van der Waals surface area contributed by atoms with Gasteiger partial charge >= 0.3 is 5.69 Å². The van der Waals surface area contributed by atoms with Crippen LogP contribution in [0.4, 0.5) is 17.5 Å². The Morgan fingerprint density at radius 3 is 2.84 bits per heavy atom. The van der Waals surface area contributed by atoms with Crippen LogP contribution in [0.3, 0.4) is 0 Å². The Balaban J connectivity index is 2.57. The molecule has 0 bridgehead atoms. The molecule has 0 radical (unpaired) electrons. The predicted octanol–water partition coefficient (Wildman–Crippen LogP) is 1.51. The second kappa shape index (κ2) is 7.47. The van der Waals surface area contributed by atoms with Gasteiger partial charge in [0, 0.05) is 20.2 Å². The maximum Gasteiger partial charge on any atom is 0.329 e. The topological polar surface area (TPSA) is 102 Å². The SMILES string of the molecule is CNc1ncc([N+](=O)[O-])c(NCCOCC(C)C)n1. The summed E-state index contributed by atoms with van der Waals surface area (Å²) in [6.45, 7) is 5.70. The van der Waals surface area contributed by atoms with Crippen molar-refractivity contribution in [2.45, 2.75) is 13.8 Å². The number of hydrogen-bond donors (Lipinski definition) is 2. The molecule has 0 aliphatic rings. The third-order valence-corrected chi connectivity index (χ3v) is 2.18. The zero-order valence-corrected chi connectivity index (χ0v) is 11.3. The molecule has 1 rings (SSSR count). The third-order valence-electron chi connectivity index (χ3n) is 2.18. The standard InChI is InChI=1S/C11H19N5O3/c1-8(2)7-19-5-4-13-10-9(16(17)18)6-14-11(12-3)15-10/h6,8H,4-5,7H2,1-3H3,(H2,12,13,14,15). The van der Waals surface area contributed by atoms with E-state index in [4.69, 9.17) is 4.74 Å². The number of hydrogen-bond acceptors (Lipinski definition) is 7. The van der Waals surface area contributed by atoms with Crippen molar-refractivity contribution in [3.05, 3.63) is 16.3 Å². The molecule has 0 saturated heterocycles. The van der Waals surface area contributed by atoms with Gasteiger partial charge in [-0.05, 0) is 5.92 Å². The highest BCUT2D eigenvalue weighted by Crippen LogP contribution is 2.21. The van der Waals surface area contributed by atoms with E-state index in [0.29, 0.717) is 31.6 Å². The molecule has 0 atom stereocenters. The Morgan fingerprint density at radius 2 is 2.26 bits per heavy atom. The lowest BCUT2D eigenvalue weighted by molar-refractivity contribution is -0.384. The van der Waals surface area contributed by atoms with Gasteiger partial charge in [-0.15, -0.1) is 0 Å². The van der Waals surface area contributed by atoms with Crippen molar-refractivity contribution < 1.29 is 9.66 Å². The van der Waals surface area contributed by atoms with E-state index < -0.39 is 4.92 Å². The molecule has 1 aromatic rings. The van der Waals surface area contributed by atoms with Crippen molar-refractivity contribution in [1.29, 1.82) is 0 Å². The molecule has 1 aromatic heterocycles. The number of ether oxygens (including phenoxy) is 1. The van der Waals surface area contributed by atoms with E-state index in [1.807, 2.05) is 0 Å². The minimum Gasteiger partial charge on any atom is -0.379 e. The Morgan fingerprint density at radius 1 is 1.53 bits per heavy atom. The molecule has 0 fully saturated rings. The lowest BCUT2D eigenvalue weighted by Crippen LogP contribution is -2.14. The molecule has 0 saturated carbocycles. The van der Waals surface area contributed by atoms with Gasteiger partial charge in [-0.3, -0.25) is 10.1 Å². The minimum absolute atomic E-state index is 0.150. The summed E-state index contributed by atoms with van der Waals surface area (Å²) in [4.78, 5) is 18.1. The van der Waals surface area contributed by atoms with Crippen LogP contribution < -0.4 is 10.6 Å². The van der Waals surface area contributed by atoms with E-state index >= 15 is 0 Å². The second-order valence-electron chi connectivity index (χ2n) is 4.33. The molecule has 0 amide bonds. The fraction of sp³-hybridized carbons (Fsp3) is 0.636. The second-order valence-corrected chi connectivity index (χ2v) is 4.33. The van der Waals surface area contributed by atoms with Crippen LogP contribution in [0.1, 0.15) is 13.8 Å². The summed E-state index contributed by atoms with van der Waals surface area (Å²) in [5.41, 5.74) is -0.150. The molecule has 8 heteroatoms. The molecule has 0 spiro atoms. The first-order valence-corrected chi connectivity index (χ1v) is 6.05. The zero-order valence-electron chi connectivity index (χ0n) is 11.3. The molecule has 106 valence electrons. The first-order chi connectivity index (χ1) is 9.04. The normalized spacial score (nSPS) is 10.5. The molecule has 19 heavy (non-hydrogen) atoms. The van der Waals surface area contributed by atoms with Crippen LogP contribution in [0.15, 0.2) is 6.20 Å². The van der Waals surface area contributed by atoms with Crippen LogP contribution in [0.2, 0.25) is 0 Å². The van der Waals surface area contributed by atoms with E-state index in [1.54, 1.807) is 7.05 Å². The maximum absolute atomic E-state index is 10.8. The lowest BCUT2D eigenvalue weighted by atomic mass is 10.2. The molecule has 0 aliphatic heterocycles. The van der Waals surface area contributed by atoms with Gasteiger partial charge in [0.1, 0.15) is 6.20 Å². The van der Waals surface area contributed by atoms with Gasteiger partial charge in [0.05, 0.1) is 11.5 Å². The van der Waals surface area contributed by atoms with Gasteiger partial charge in [0.25, 0.3) is 0 Å². The average Bonchev–Trinajstić information content (AvgIpc) is 2.37. The van der Waals surface area contributed by atoms with E-state index in [9.17, 15) is 10.1 Å². The number of nitro groups is 1. The van der Waals surface area contributed by atoms with Gasteiger partial charge < -0.3 is 15.4 Å². The Hall–Kier alpha value is -1.96. The van der Waals surface area contributed by atoms with Gasteiger partial charge in [-0.2, -0.15) is 4.98 Å². The number of rotatable bonds is 8. The smallest absolute Gasteiger partial charge is 0.329 e. The summed E-state index contributed by atoms with van der Waals surface area (Å²) in [5.74, 6) is 0.984. The van der Waals surface area contributed by atoms with Crippen molar-refractivity contribution >= 4 is 17.5 Å². The van der Waals surface area contributed by atoms with E-state index in [-0.39, 0.29) is 11.5 Å². The summed E-state index contributed by atoms with van der Waals surface area (Å²) < 4.78 is 5.38. The van der Waals surface area contributed by atoms with Crippen molar-refractivity contribution in [3.63, 3.8) is 0 Å². The Bertz CT molecular complexity index is 425. The molecule has 0 unspecified atom stereocenters. The van der Waals surface area contributed by atoms with Crippen molar-refractivity contribution in [3.8, 4) is 0 Å². The summed E-state index contributed by atoms with van der Waals surface area (Å²) in [6.07, 6.45) is 1.18. The summed E-state index contributed by atoms with van der Waals surface area (Å²) in [5, 5.41) is 16.5. The highest BCUT2D eigenvalue weighted by molar-refractivity contribution is 5.56. The van der Waals surface area contributed by atoms with Crippen LogP contribution in [-0.4, -0.2) is 41.7 Å². The number of nitrogens with zero attached hydrogens (tertiary/aromatic N) is 3. The monoisotopic (exact) mass is 269 g/mol. The summed E-state index contributed by atoms with van der Waals surface area (Å²) in [6, 6.07) is 0. The first kappa shape index (κ1) is 15.1. The van der Waals surface area contributed by atoms with Gasteiger partial charge in [0.2, 0.25) is 11.8 Å². The fourth-order valence-electron chi connectivity index (χ4n) is 1.32. The molecule has 0 aliphatic carbocycles. The third kappa shape index (κ3) is 5.04. The molecule has 8 nitrogen and oxygen atoms in total. The molecule has 1 heterocycles. The Kier molecular flexibility index (Phi) is 5.94. The van der Waals surface area contributed by atoms with Crippen molar-refractivity contribution in [2.24, 2.45) is 5.92 Å². The van der Waals surface area contributed by atoms with E-state index in [0.717, 1.165) is 0 Å². The van der Waals surface area contributed by atoms with E-state index in [1.165, 1.54) is 6.20 Å². The predicted molar refractivity (Wildman–Crippen MR) is 72.4 cm³/mol. The van der Waals surface area contributed by atoms with Crippen LogP contribution in [0.25, 0.3) is 0 Å². The molecule has 2 N–H and O–H groups in total. The van der Waals surface area contributed by atoms with Gasteiger partial charge in [-0.1, -0.05) is 13.8 Å². The first-order valence-electron chi connectivity index (χ1n) is 6.05. The minimum atomic E-state index is -0.517. The summed E-state index contributed by atoms with van der Waals surface area (Å²) in [7, 11) is 1.65. The number of nitrogens with one attached hydrogen (secondary N) is 2. The van der Waals surface area contributed by atoms with Crippen LogP contribution in [0, 0.1) is 16.0 Å².